The molecule has 0 aliphatic heterocycles. The Bertz CT molecular complexity index is 383. The Morgan fingerprint density at radius 2 is 2.07 bits per heavy atom. The molecule has 1 aromatic carbocycles. The van der Waals surface area contributed by atoms with Crippen LogP contribution in [0.1, 0.15) is 23.7 Å². The van der Waals surface area contributed by atoms with Gasteiger partial charge in [-0.2, -0.15) is 0 Å². The number of hydrogen-bond acceptors (Lipinski definition) is 1. The maximum atomic E-state index is 13.1. The normalized spacial score (nSPS) is 9.93. The van der Waals surface area contributed by atoms with Crippen LogP contribution in [0.3, 0.4) is 0 Å². The van der Waals surface area contributed by atoms with Crippen molar-refractivity contribution in [2.75, 3.05) is 0 Å². The first-order valence-electron chi connectivity index (χ1n) is 4.13. The molecule has 0 unspecified atom stereocenters. The van der Waals surface area contributed by atoms with E-state index in [1.165, 1.54) is 0 Å². The van der Waals surface area contributed by atoms with Crippen LogP contribution < -0.4 is 0 Å². The molecule has 0 aromatic heterocycles. The van der Waals surface area contributed by atoms with Crippen molar-refractivity contribution in [1.82, 2.24) is 0 Å². The molecule has 0 saturated heterocycles. The van der Waals surface area contributed by atoms with Crippen molar-refractivity contribution >= 4 is 5.78 Å². The van der Waals surface area contributed by atoms with Crippen molar-refractivity contribution < 1.29 is 13.6 Å². The molecule has 0 aliphatic rings. The highest BCUT2D eigenvalue weighted by molar-refractivity contribution is 5.97. The highest BCUT2D eigenvalue weighted by atomic mass is 19.1. The first-order valence-corrected chi connectivity index (χ1v) is 4.13. The molecule has 14 heavy (non-hydrogen) atoms. The van der Waals surface area contributed by atoms with Gasteiger partial charge >= 0.3 is 0 Å². The maximum absolute atomic E-state index is 13.1. The van der Waals surface area contributed by atoms with E-state index in [1.807, 2.05) is 0 Å². The van der Waals surface area contributed by atoms with Crippen molar-refractivity contribution in [1.29, 1.82) is 0 Å². The Balaban J connectivity index is 3.00. The van der Waals surface area contributed by atoms with Crippen LogP contribution in [0.4, 0.5) is 8.78 Å². The van der Waals surface area contributed by atoms with E-state index in [0.717, 1.165) is 18.2 Å². The molecule has 1 rings (SSSR count). The highest BCUT2D eigenvalue weighted by Crippen LogP contribution is 2.13. The number of halogens is 2. The fourth-order valence-electron chi connectivity index (χ4n) is 1.08. The molecule has 0 saturated carbocycles. The van der Waals surface area contributed by atoms with E-state index < -0.39 is 17.4 Å². The summed E-state index contributed by atoms with van der Waals surface area (Å²) in [7, 11) is 0. The van der Waals surface area contributed by atoms with Gasteiger partial charge in [-0.15, -0.1) is 0 Å². The Labute approximate surface area is 81.1 Å². The van der Waals surface area contributed by atoms with E-state index in [9.17, 15) is 13.6 Å². The Kier molecular flexibility index (Phi) is 3.12. The lowest BCUT2D eigenvalue weighted by Crippen LogP contribution is -2.03. The third-order valence-electron chi connectivity index (χ3n) is 1.69. The standard InChI is InChI=1S/C11H10F2O/c1-7(2)5-11(14)9-6-8(12)3-4-10(9)13/h3-4,6H,1,5H2,2H3. The average Bonchev–Trinajstić information content (AvgIpc) is 2.08. The van der Waals surface area contributed by atoms with Gasteiger partial charge < -0.3 is 0 Å². The quantitative estimate of drug-likeness (QED) is 0.536. The van der Waals surface area contributed by atoms with Crippen molar-refractivity contribution in [3.63, 3.8) is 0 Å². The summed E-state index contributed by atoms with van der Waals surface area (Å²) >= 11 is 0. The minimum absolute atomic E-state index is 0.0420. The molecule has 1 aromatic rings. The van der Waals surface area contributed by atoms with Crippen molar-refractivity contribution in [3.05, 3.63) is 47.5 Å². The first kappa shape index (κ1) is 10.6. The number of carbonyl (C=O) groups is 1. The van der Waals surface area contributed by atoms with Crippen LogP contribution in [0.2, 0.25) is 0 Å². The zero-order chi connectivity index (χ0) is 10.7. The second-order valence-corrected chi connectivity index (χ2v) is 3.18. The van der Waals surface area contributed by atoms with Crippen molar-refractivity contribution in [2.45, 2.75) is 13.3 Å². The summed E-state index contributed by atoms with van der Waals surface area (Å²) in [6, 6.07) is 2.83. The molecular formula is C11H10F2O. The molecule has 0 atom stereocenters. The molecule has 0 bridgehead atoms. The van der Waals surface area contributed by atoms with Gasteiger partial charge in [-0.05, 0) is 25.1 Å². The van der Waals surface area contributed by atoms with E-state index in [4.69, 9.17) is 0 Å². The van der Waals surface area contributed by atoms with E-state index in [-0.39, 0.29) is 12.0 Å². The van der Waals surface area contributed by atoms with Crippen LogP contribution in [0.25, 0.3) is 0 Å². The molecule has 1 nitrogen and oxygen atoms in total. The Morgan fingerprint density at radius 3 is 2.64 bits per heavy atom. The molecule has 0 radical (unpaired) electrons. The van der Waals surface area contributed by atoms with Gasteiger partial charge in [0.25, 0.3) is 0 Å². The summed E-state index contributed by atoms with van der Waals surface area (Å²) in [5.74, 6) is -1.76. The van der Waals surface area contributed by atoms with Gasteiger partial charge in [0.1, 0.15) is 11.6 Å². The molecule has 0 N–H and O–H groups in total. The van der Waals surface area contributed by atoms with Gasteiger partial charge in [-0.25, -0.2) is 8.78 Å². The minimum Gasteiger partial charge on any atom is -0.294 e. The SMILES string of the molecule is C=C(C)CC(=O)c1cc(F)ccc1F. The number of allylic oxidation sites excluding steroid dienone is 1. The third-order valence-corrected chi connectivity index (χ3v) is 1.69. The van der Waals surface area contributed by atoms with Crippen LogP contribution in [-0.2, 0) is 0 Å². The Hall–Kier alpha value is -1.51. The molecule has 0 aliphatic carbocycles. The molecule has 0 fully saturated rings. The number of rotatable bonds is 3. The zero-order valence-electron chi connectivity index (χ0n) is 7.81. The maximum Gasteiger partial charge on any atom is 0.169 e. The average molecular weight is 196 g/mol. The van der Waals surface area contributed by atoms with Crippen molar-refractivity contribution in [2.24, 2.45) is 0 Å². The number of ketones is 1. The summed E-state index contributed by atoms with van der Waals surface area (Å²) in [6.07, 6.45) is 0.0420. The van der Waals surface area contributed by atoms with Gasteiger partial charge in [0.15, 0.2) is 5.78 Å². The van der Waals surface area contributed by atoms with Crippen LogP contribution in [-0.4, -0.2) is 5.78 Å². The molecule has 3 heteroatoms. The number of carbonyl (C=O) groups excluding carboxylic acids is 1. The van der Waals surface area contributed by atoms with Crippen LogP contribution in [0.15, 0.2) is 30.4 Å². The topological polar surface area (TPSA) is 17.1 Å². The predicted octanol–water partition coefficient (Wildman–Crippen LogP) is 3.11. The zero-order valence-corrected chi connectivity index (χ0v) is 7.81. The second kappa shape index (κ2) is 4.13. The van der Waals surface area contributed by atoms with Gasteiger partial charge in [-0.3, -0.25) is 4.79 Å². The smallest absolute Gasteiger partial charge is 0.169 e. The Morgan fingerprint density at radius 1 is 1.43 bits per heavy atom. The lowest BCUT2D eigenvalue weighted by atomic mass is 10.0. The van der Waals surface area contributed by atoms with Crippen LogP contribution >= 0.6 is 0 Å². The van der Waals surface area contributed by atoms with E-state index in [1.54, 1.807) is 6.92 Å². The number of Topliss-reactive ketones (excluding diaryl/α,β-unsaturated/α-hetero) is 1. The highest BCUT2D eigenvalue weighted by Gasteiger charge is 2.12. The molecule has 74 valence electrons. The summed E-state index contributed by atoms with van der Waals surface area (Å²) in [5, 5.41) is 0. The molecule has 0 amide bonds. The minimum atomic E-state index is -0.697. The largest absolute Gasteiger partial charge is 0.294 e. The van der Waals surface area contributed by atoms with E-state index >= 15 is 0 Å². The van der Waals surface area contributed by atoms with Gasteiger partial charge in [0.2, 0.25) is 0 Å². The van der Waals surface area contributed by atoms with Gasteiger partial charge in [-0.1, -0.05) is 12.2 Å². The number of benzene rings is 1. The summed E-state index contributed by atoms with van der Waals surface area (Å²) in [6.45, 7) is 5.20. The summed E-state index contributed by atoms with van der Waals surface area (Å²) in [4.78, 5) is 11.4. The van der Waals surface area contributed by atoms with E-state index in [0.29, 0.717) is 5.57 Å². The summed E-state index contributed by atoms with van der Waals surface area (Å²) in [5.41, 5.74) is 0.409. The molecule has 0 spiro atoms. The van der Waals surface area contributed by atoms with Crippen LogP contribution in [0.5, 0.6) is 0 Å². The van der Waals surface area contributed by atoms with Gasteiger partial charge in [0.05, 0.1) is 5.56 Å². The van der Waals surface area contributed by atoms with Crippen LogP contribution in [0, 0.1) is 11.6 Å². The predicted molar refractivity (Wildman–Crippen MR) is 50.1 cm³/mol. The van der Waals surface area contributed by atoms with Crippen molar-refractivity contribution in [3.8, 4) is 0 Å². The first-order chi connectivity index (χ1) is 6.50. The molecule has 0 heterocycles. The monoisotopic (exact) mass is 196 g/mol. The fourth-order valence-corrected chi connectivity index (χ4v) is 1.08. The van der Waals surface area contributed by atoms with Gasteiger partial charge in [0, 0.05) is 6.42 Å². The third kappa shape index (κ3) is 2.49. The lowest BCUT2D eigenvalue weighted by molar-refractivity contribution is 0.0989. The number of hydrogen-bond donors (Lipinski definition) is 0. The summed E-state index contributed by atoms with van der Waals surface area (Å²) < 4.78 is 25.8. The lowest BCUT2D eigenvalue weighted by Gasteiger charge is -2.01. The van der Waals surface area contributed by atoms with E-state index in [2.05, 4.69) is 6.58 Å². The molecular weight excluding hydrogens is 186 g/mol. The second-order valence-electron chi connectivity index (χ2n) is 3.18. The fraction of sp³-hybridized carbons (Fsp3) is 0.182.